The van der Waals surface area contributed by atoms with E-state index in [0.717, 1.165) is 27.8 Å². The molecule has 0 aromatic heterocycles. The number of methoxy groups -OCH3 is 1. The standard InChI is InChI=1S/C37H34O9/c1-23(20-38)35(40)44-31-16-11-28(12-17-31)30-13-18-34(46-36(41)24(2)21-39)33(19-30)29-7-5-26(6-8-29)27-9-14-32(15-10-27)45-37(42)25(3)22-43-4/h5-19,24,38-39H,1,3,20-22H2,2,4H3. The van der Waals surface area contributed by atoms with Crippen molar-refractivity contribution in [3.63, 3.8) is 0 Å². The maximum absolute atomic E-state index is 12.6. The second-order valence-electron chi connectivity index (χ2n) is 10.4. The Morgan fingerprint density at radius 3 is 1.61 bits per heavy atom. The van der Waals surface area contributed by atoms with Gasteiger partial charge in [0.1, 0.15) is 17.2 Å². The fraction of sp³-hybridized carbons (Fsp3) is 0.162. The first-order chi connectivity index (χ1) is 22.1. The van der Waals surface area contributed by atoms with Gasteiger partial charge in [0.25, 0.3) is 0 Å². The quantitative estimate of drug-likeness (QED) is 0.108. The molecule has 46 heavy (non-hydrogen) atoms. The molecule has 0 saturated heterocycles. The number of aliphatic hydroxyl groups excluding tert-OH is 2. The van der Waals surface area contributed by atoms with E-state index in [2.05, 4.69) is 13.2 Å². The molecule has 4 rings (SSSR count). The molecule has 0 heterocycles. The zero-order valence-corrected chi connectivity index (χ0v) is 25.5. The number of ether oxygens (including phenoxy) is 4. The van der Waals surface area contributed by atoms with Crippen LogP contribution in [0, 0.1) is 5.92 Å². The summed E-state index contributed by atoms with van der Waals surface area (Å²) in [4.78, 5) is 36.6. The van der Waals surface area contributed by atoms with Crippen LogP contribution in [0.4, 0.5) is 0 Å². The SMILES string of the molecule is C=C(CO)C(=O)Oc1ccc(-c2ccc(OC(=O)C(C)CO)c(-c3ccc(-c4ccc(OC(=O)C(=C)COC)cc4)cc3)c2)cc1. The van der Waals surface area contributed by atoms with E-state index in [-0.39, 0.29) is 24.4 Å². The largest absolute Gasteiger partial charge is 0.426 e. The molecule has 0 amide bonds. The summed E-state index contributed by atoms with van der Waals surface area (Å²) in [5, 5.41) is 18.5. The molecule has 0 aliphatic heterocycles. The number of aliphatic hydroxyl groups is 2. The lowest BCUT2D eigenvalue weighted by molar-refractivity contribution is -0.139. The summed E-state index contributed by atoms with van der Waals surface area (Å²) in [5.41, 5.74) is 5.01. The Kier molecular flexibility index (Phi) is 11.4. The predicted octanol–water partition coefficient (Wildman–Crippen LogP) is 5.78. The Morgan fingerprint density at radius 2 is 1.11 bits per heavy atom. The van der Waals surface area contributed by atoms with Gasteiger partial charge in [-0.25, -0.2) is 9.59 Å². The number of rotatable bonds is 13. The van der Waals surface area contributed by atoms with E-state index in [0.29, 0.717) is 22.8 Å². The third-order valence-corrected chi connectivity index (χ3v) is 6.95. The molecule has 0 radical (unpaired) electrons. The Morgan fingerprint density at radius 1 is 0.652 bits per heavy atom. The molecular weight excluding hydrogens is 588 g/mol. The van der Waals surface area contributed by atoms with E-state index >= 15 is 0 Å². The molecule has 4 aromatic carbocycles. The highest BCUT2D eigenvalue weighted by atomic mass is 16.5. The second-order valence-corrected chi connectivity index (χ2v) is 10.4. The predicted molar refractivity (Wildman–Crippen MR) is 173 cm³/mol. The second kappa shape index (κ2) is 15.6. The molecule has 2 N–H and O–H groups in total. The van der Waals surface area contributed by atoms with E-state index in [4.69, 9.17) is 24.1 Å². The minimum Gasteiger partial charge on any atom is -0.426 e. The zero-order chi connectivity index (χ0) is 33.2. The van der Waals surface area contributed by atoms with Crippen molar-refractivity contribution in [2.45, 2.75) is 6.92 Å². The first-order valence-corrected chi connectivity index (χ1v) is 14.3. The summed E-state index contributed by atoms with van der Waals surface area (Å²) in [6.07, 6.45) is 0. The Labute approximate surface area is 266 Å². The van der Waals surface area contributed by atoms with Crippen LogP contribution in [0.15, 0.2) is 115 Å². The Bertz CT molecular complexity index is 1720. The van der Waals surface area contributed by atoms with Crippen LogP contribution in [0.3, 0.4) is 0 Å². The molecule has 0 aliphatic carbocycles. The van der Waals surface area contributed by atoms with Gasteiger partial charge >= 0.3 is 17.9 Å². The highest BCUT2D eigenvalue weighted by Gasteiger charge is 2.18. The topological polar surface area (TPSA) is 129 Å². The van der Waals surface area contributed by atoms with Crippen LogP contribution in [0.2, 0.25) is 0 Å². The summed E-state index contributed by atoms with van der Waals surface area (Å²) in [7, 11) is 1.47. The molecule has 0 aliphatic rings. The summed E-state index contributed by atoms with van der Waals surface area (Å²) in [5.74, 6) is -1.53. The molecule has 0 bridgehead atoms. The van der Waals surface area contributed by atoms with Crippen LogP contribution in [0.1, 0.15) is 6.92 Å². The third kappa shape index (κ3) is 8.42. The number of benzene rings is 4. The van der Waals surface area contributed by atoms with E-state index in [1.165, 1.54) is 7.11 Å². The summed E-state index contributed by atoms with van der Waals surface area (Å²) >= 11 is 0. The molecule has 9 heteroatoms. The van der Waals surface area contributed by atoms with Gasteiger partial charge in [0, 0.05) is 12.7 Å². The number of carbonyl (C=O) groups is 3. The average Bonchev–Trinajstić information content (AvgIpc) is 3.08. The smallest absolute Gasteiger partial charge is 0.341 e. The Hall–Kier alpha value is -5.35. The lowest BCUT2D eigenvalue weighted by atomic mass is 9.96. The van der Waals surface area contributed by atoms with Crippen molar-refractivity contribution < 1.29 is 43.5 Å². The maximum atomic E-state index is 12.6. The maximum Gasteiger partial charge on any atom is 0.341 e. The van der Waals surface area contributed by atoms with Crippen molar-refractivity contribution in [3.8, 4) is 50.6 Å². The van der Waals surface area contributed by atoms with E-state index in [1.54, 1.807) is 55.5 Å². The minimum absolute atomic E-state index is 0.0525. The van der Waals surface area contributed by atoms with Gasteiger partial charge in [0.15, 0.2) is 0 Å². The monoisotopic (exact) mass is 622 g/mol. The van der Waals surface area contributed by atoms with Gasteiger partial charge in [0.2, 0.25) is 0 Å². The highest BCUT2D eigenvalue weighted by molar-refractivity contribution is 5.90. The lowest BCUT2D eigenvalue weighted by Crippen LogP contribution is -2.21. The molecule has 0 saturated carbocycles. The molecule has 1 atom stereocenters. The number of esters is 3. The van der Waals surface area contributed by atoms with Crippen molar-refractivity contribution in [1.82, 2.24) is 0 Å². The zero-order valence-electron chi connectivity index (χ0n) is 25.5. The number of hydrogen-bond acceptors (Lipinski definition) is 9. The summed E-state index contributed by atoms with van der Waals surface area (Å²) < 4.78 is 21.2. The molecule has 9 nitrogen and oxygen atoms in total. The van der Waals surface area contributed by atoms with Gasteiger partial charge in [-0.3, -0.25) is 4.79 Å². The molecule has 1 unspecified atom stereocenters. The van der Waals surface area contributed by atoms with Gasteiger partial charge in [0.05, 0.1) is 36.9 Å². The van der Waals surface area contributed by atoms with Crippen molar-refractivity contribution in [2.24, 2.45) is 5.92 Å². The normalized spacial score (nSPS) is 11.3. The van der Waals surface area contributed by atoms with Crippen LogP contribution in [0.25, 0.3) is 33.4 Å². The van der Waals surface area contributed by atoms with Crippen molar-refractivity contribution >= 4 is 17.9 Å². The van der Waals surface area contributed by atoms with Crippen LogP contribution in [-0.2, 0) is 19.1 Å². The fourth-order valence-electron chi connectivity index (χ4n) is 4.24. The van der Waals surface area contributed by atoms with Crippen LogP contribution in [0.5, 0.6) is 17.2 Å². The van der Waals surface area contributed by atoms with Gasteiger partial charge in [-0.1, -0.05) is 67.8 Å². The van der Waals surface area contributed by atoms with E-state index < -0.39 is 30.4 Å². The van der Waals surface area contributed by atoms with Crippen LogP contribution >= 0.6 is 0 Å². The molecule has 4 aromatic rings. The third-order valence-electron chi connectivity index (χ3n) is 6.95. The molecule has 0 spiro atoms. The van der Waals surface area contributed by atoms with E-state index in [9.17, 15) is 19.5 Å². The van der Waals surface area contributed by atoms with Crippen molar-refractivity contribution in [3.05, 3.63) is 115 Å². The van der Waals surface area contributed by atoms with Gasteiger partial charge in [-0.15, -0.1) is 0 Å². The van der Waals surface area contributed by atoms with Gasteiger partial charge < -0.3 is 29.2 Å². The lowest BCUT2D eigenvalue weighted by Gasteiger charge is -2.15. The summed E-state index contributed by atoms with van der Waals surface area (Å²) in [6.45, 7) is 7.94. The van der Waals surface area contributed by atoms with Crippen LogP contribution in [-0.4, -0.2) is 55.1 Å². The first-order valence-electron chi connectivity index (χ1n) is 14.3. The van der Waals surface area contributed by atoms with Crippen molar-refractivity contribution in [2.75, 3.05) is 26.9 Å². The van der Waals surface area contributed by atoms with Crippen molar-refractivity contribution in [1.29, 1.82) is 0 Å². The summed E-state index contributed by atoms with van der Waals surface area (Å²) in [6, 6.07) is 26.9. The Balaban J connectivity index is 1.60. The van der Waals surface area contributed by atoms with E-state index in [1.807, 2.05) is 42.5 Å². The minimum atomic E-state index is -0.715. The van der Waals surface area contributed by atoms with Gasteiger partial charge in [-0.2, -0.15) is 0 Å². The van der Waals surface area contributed by atoms with Crippen LogP contribution < -0.4 is 14.2 Å². The van der Waals surface area contributed by atoms with Gasteiger partial charge in [-0.05, 0) is 71.1 Å². The fourth-order valence-corrected chi connectivity index (χ4v) is 4.24. The first kappa shape index (κ1) is 33.5. The highest BCUT2D eigenvalue weighted by Crippen LogP contribution is 2.36. The molecule has 0 fully saturated rings. The number of carbonyl (C=O) groups excluding carboxylic acids is 3. The molecule has 236 valence electrons. The average molecular weight is 623 g/mol. The number of hydrogen-bond donors (Lipinski definition) is 2. The molecular formula is C37H34O9.